The van der Waals surface area contributed by atoms with Crippen molar-refractivity contribution >= 4 is 43.6 Å². The molecule has 3 aromatic heterocycles. The molecular formula is C38H27N3. The molecule has 0 atom stereocenters. The molecule has 0 aliphatic heterocycles. The van der Waals surface area contributed by atoms with E-state index < -0.39 is 0 Å². The molecule has 1 aliphatic rings. The van der Waals surface area contributed by atoms with Crippen LogP contribution in [0.25, 0.3) is 66.1 Å². The van der Waals surface area contributed by atoms with Crippen LogP contribution in [0.5, 0.6) is 0 Å². The average molecular weight is 526 g/mol. The SMILES string of the molecule is CC1(C)c2ccccc2-c2c1c1c3ccccc3n(-c3ccncc3)c1c1c3ccccc3n(-c3ccccc3)c21. The molecule has 0 fully saturated rings. The quantitative estimate of drug-likeness (QED) is 0.220. The molecule has 5 aromatic carbocycles. The van der Waals surface area contributed by atoms with Gasteiger partial charge >= 0.3 is 0 Å². The zero-order valence-electron chi connectivity index (χ0n) is 23.0. The molecule has 8 aromatic rings. The van der Waals surface area contributed by atoms with Gasteiger partial charge in [0.1, 0.15) is 0 Å². The molecule has 194 valence electrons. The Balaban J connectivity index is 1.68. The van der Waals surface area contributed by atoms with Gasteiger partial charge in [0, 0.05) is 56.3 Å². The molecule has 3 nitrogen and oxygen atoms in total. The third-order valence-electron chi connectivity index (χ3n) is 9.15. The Hall–Kier alpha value is -5.15. The summed E-state index contributed by atoms with van der Waals surface area (Å²) in [6.07, 6.45) is 3.79. The van der Waals surface area contributed by atoms with Crippen molar-refractivity contribution in [3.63, 3.8) is 0 Å². The molecule has 3 heterocycles. The number of para-hydroxylation sites is 3. The lowest BCUT2D eigenvalue weighted by Gasteiger charge is -2.23. The standard InChI is InChI=1S/C38H27N3/c1-38(2)29-17-9-6-14-26(29)32-35(38)33-27-15-7-10-18-30(27)41(25-20-22-39-23-21-25)37(33)34-28-16-8-11-19-31(28)40(36(32)34)24-12-4-3-5-13-24/h3-23H,1-2H3. The first-order chi connectivity index (χ1) is 20.2. The van der Waals surface area contributed by atoms with E-state index >= 15 is 0 Å². The van der Waals surface area contributed by atoms with Gasteiger partial charge in [-0.15, -0.1) is 0 Å². The maximum absolute atomic E-state index is 4.36. The van der Waals surface area contributed by atoms with Gasteiger partial charge in [0.2, 0.25) is 0 Å². The number of hydrogen-bond acceptors (Lipinski definition) is 1. The third kappa shape index (κ3) is 2.80. The van der Waals surface area contributed by atoms with Crippen LogP contribution in [0.2, 0.25) is 0 Å². The highest BCUT2D eigenvalue weighted by Gasteiger charge is 2.41. The molecule has 41 heavy (non-hydrogen) atoms. The Morgan fingerprint density at radius 2 is 1.10 bits per heavy atom. The molecule has 0 saturated heterocycles. The second-order valence-electron chi connectivity index (χ2n) is 11.6. The minimum absolute atomic E-state index is 0.177. The highest BCUT2D eigenvalue weighted by Crippen LogP contribution is 2.58. The zero-order valence-corrected chi connectivity index (χ0v) is 23.0. The third-order valence-corrected chi connectivity index (χ3v) is 9.15. The topological polar surface area (TPSA) is 22.8 Å². The molecule has 0 N–H and O–H groups in total. The lowest BCUT2D eigenvalue weighted by atomic mass is 9.80. The number of benzene rings is 5. The van der Waals surface area contributed by atoms with Gasteiger partial charge in [-0.05, 0) is 53.1 Å². The Labute approximate surface area is 237 Å². The number of nitrogens with zero attached hydrogens (tertiary/aromatic N) is 3. The monoisotopic (exact) mass is 525 g/mol. The van der Waals surface area contributed by atoms with Crippen LogP contribution in [0, 0.1) is 0 Å². The van der Waals surface area contributed by atoms with E-state index in [0.29, 0.717) is 0 Å². The van der Waals surface area contributed by atoms with Crippen molar-refractivity contribution in [3.05, 3.63) is 139 Å². The zero-order chi connectivity index (χ0) is 27.3. The van der Waals surface area contributed by atoms with Crippen LogP contribution in [0.3, 0.4) is 0 Å². The Morgan fingerprint density at radius 3 is 1.83 bits per heavy atom. The first kappa shape index (κ1) is 22.6. The van der Waals surface area contributed by atoms with Crippen molar-refractivity contribution in [2.24, 2.45) is 0 Å². The molecule has 3 heteroatoms. The fourth-order valence-electron chi connectivity index (χ4n) is 7.56. The van der Waals surface area contributed by atoms with E-state index in [1.807, 2.05) is 12.4 Å². The van der Waals surface area contributed by atoms with Crippen LogP contribution >= 0.6 is 0 Å². The highest BCUT2D eigenvalue weighted by molar-refractivity contribution is 6.31. The summed E-state index contributed by atoms with van der Waals surface area (Å²) in [5.41, 5.74) is 12.6. The summed E-state index contributed by atoms with van der Waals surface area (Å²) >= 11 is 0. The largest absolute Gasteiger partial charge is 0.309 e. The van der Waals surface area contributed by atoms with Gasteiger partial charge in [-0.2, -0.15) is 0 Å². The number of fused-ring (bicyclic) bond motifs is 12. The minimum atomic E-state index is -0.177. The van der Waals surface area contributed by atoms with Gasteiger partial charge in [0.15, 0.2) is 0 Å². The summed E-state index contributed by atoms with van der Waals surface area (Å²) in [5.74, 6) is 0. The Morgan fingerprint density at radius 1 is 0.537 bits per heavy atom. The van der Waals surface area contributed by atoms with Gasteiger partial charge in [-0.1, -0.05) is 92.7 Å². The lowest BCUT2D eigenvalue weighted by molar-refractivity contribution is 0.667. The maximum atomic E-state index is 4.36. The molecule has 0 saturated carbocycles. The summed E-state index contributed by atoms with van der Waals surface area (Å²) in [4.78, 5) is 4.36. The summed E-state index contributed by atoms with van der Waals surface area (Å²) in [7, 11) is 0. The lowest BCUT2D eigenvalue weighted by Crippen LogP contribution is -2.15. The highest BCUT2D eigenvalue weighted by atomic mass is 15.0. The van der Waals surface area contributed by atoms with E-state index in [1.54, 1.807) is 0 Å². The van der Waals surface area contributed by atoms with Crippen molar-refractivity contribution < 1.29 is 0 Å². The maximum Gasteiger partial charge on any atom is 0.0644 e. The van der Waals surface area contributed by atoms with Crippen molar-refractivity contribution in [3.8, 4) is 22.5 Å². The van der Waals surface area contributed by atoms with E-state index in [4.69, 9.17) is 0 Å². The molecular weight excluding hydrogens is 498 g/mol. The molecule has 0 bridgehead atoms. The predicted molar refractivity (Wildman–Crippen MR) is 170 cm³/mol. The number of pyridine rings is 1. The second-order valence-corrected chi connectivity index (χ2v) is 11.6. The van der Waals surface area contributed by atoms with Gasteiger partial charge < -0.3 is 9.13 Å². The van der Waals surface area contributed by atoms with Gasteiger partial charge in [0.25, 0.3) is 0 Å². The first-order valence-corrected chi connectivity index (χ1v) is 14.2. The summed E-state index contributed by atoms with van der Waals surface area (Å²) in [5, 5.41) is 5.19. The number of aromatic nitrogens is 3. The molecule has 1 aliphatic carbocycles. The molecule has 0 radical (unpaired) electrons. The van der Waals surface area contributed by atoms with E-state index in [0.717, 1.165) is 5.69 Å². The van der Waals surface area contributed by atoms with Crippen LogP contribution < -0.4 is 0 Å². The molecule has 0 spiro atoms. The summed E-state index contributed by atoms with van der Waals surface area (Å²) < 4.78 is 4.96. The fraction of sp³-hybridized carbons (Fsp3) is 0.0789. The van der Waals surface area contributed by atoms with E-state index in [9.17, 15) is 0 Å². The van der Waals surface area contributed by atoms with Crippen LogP contribution in [-0.2, 0) is 5.41 Å². The molecule has 0 unspecified atom stereocenters. The van der Waals surface area contributed by atoms with E-state index in [2.05, 4.69) is 143 Å². The van der Waals surface area contributed by atoms with Crippen molar-refractivity contribution in [2.45, 2.75) is 19.3 Å². The molecule has 0 amide bonds. The van der Waals surface area contributed by atoms with Crippen LogP contribution in [0.15, 0.2) is 128 Å². The first-order valence-electron chi connectivity index (χ1n) is 14.2. The van der Waals surface area contributed by atoms with Crippen molar-refractivity contribution in [1.29, 1.82) is 0 Å². The average Bonchev–Trinajstić information content (AvgIpc) is 3.62. The van der Waals surface area contributed by atoms with Crippen molar-refractivity contribution in [1.82, 2.24) is 14.1 Å². The summed E-state index contributed by atoms with van der Waals surface area (Å²) in [6, 6.07) is 41.9. The summed E-state index contributed by atoms with van der Waals surface area (Å²) in [6.45, 7) is 4.80. The van der Waals surface area contributed by atoms with Crippen molar-refractivity contribution in [2.75, 3.05) is 0 Å². The Kier molecular flexibility index (Phi) is 4.39. The normalized spacial score (nSPS) is 13.8. The number of hydrogen-bond donors (Lipinski definition) is 0. The second kappa shape index (κ2) is 7.96. The van der Waals surface area contributed by atoms with Gasteiger partial charge in [-0.3, -0.25) is 4.98 Å². The number of rotatable bonds is 2. The Bertz CT molecular complexity index is 2320. The van der Waals surface area contributed by atoms with Crippen LogP contribution in [-0.4, -0.2) is 14.1 Å². The van der Waals surface area contributed by atoms with Crippen LogP contribution in [0.1, 0.15) is 25.0 Å². The van der Waals surface area contributed by atoms with Gasteiger partial charge in [0.05, 0.1) is 22.1 Å². The predicted octanol–water partition coefficient (Wildman–Crippen LogP) is 9.58. The van der Waals surface area contributed by atoms with Crippen LogP contribution in [0.4, 0.5) is 0 Å². The fourth-order valence-corrected chi connectivity index (χ4v) is 7.56. The van der Waals surface area contributed by atoms with E-state index in [-0.39, 0.29) is 5.41 Å². The minimum Gasteiger partial charge on any atom is -0.309 e. The smallest absolute Gasteiger partial charge is 0.0644 e. The van der Waals surface area contributed by atoms with Gasteiger partial charge in [-0.25, -0.2) is 0 Å². The molecule has 9 rings (SSSR count). The van der Waals surface area contributed by atoms with E-state index in [1.165, 1.54) is 71.6 Å².